The first-order valence-electron chi connectivity index (χ1n) is 6.39. The first kappa shape index (κ1) is 15.9. The molecule has 108 valence electrons. The second-order valence-electron chi connectivity index (χ2n) is 5.39. The number of benzene rings is 1. The van der Waals surface area contributed by atoms with Gasteiger partial charge in [0.1, 0.15) is 5.60 Å². The molecule has 0 radical (unpaired) electrons. The zero-order valence-corrected chi connectivity index (χ0v) is 12.0. The molecule has 0 N–H and O–H groups in total. The summed E-state index contributed by atoms with van der Waals surface area (Å²) in [5, 5.41) is 10.5. The van der Waals surface area contributed by atoms with E-state index in [-0.39, 0.29) is 13.0 Å². The fourth-order valence-corrected chi connectivity index (χ4v) is 1.54. The topological polar surface area (TPSA) is 69.4 Å². The Hall–Kier alpha value is -2.17. The van der Waals surface area contributed by atoms with Gasteiger partial charge in [0.15, 0.2) is 0 Å². The normalized spacial score (nSPS) is 12.1. The Balaban J connectivity index is 2.93. The van der Waals surface area contributed by atoms with Crippen LogP contribution in [0.3, 0.4) is 0 Å². The molecule has 0 atom stereocenters. The minimum Gasteiger partial charge on any atom is -0.457 e. The molecular weight excluding hydrogens is 258 g/mol. The van der Waals surface area contributed by atoms with Gasteiger partial charge in [-0.3, -0.25) is 10.1 Å². The van der Waals surface area contributed by atoms with Crippen molar-refractivity contribution in [3.63, 3.8) is 0 Å². The molecule has 0 unspecified atom stereocenters. The largest absolute Gasteiger partial charge is 0.457 e. The summed E-state index contributed by atoms with van der Waals surface area (Å²) in [6.45, 7) is 4.99. The van der Waals surface area contributed by atoms with Crippen LogP contribution in [0, 0.1) is 10.1 Å². The maximum absolute atomic E-state index is 12.1. The van der Waals surface area contributed by atoms with Gasteiger partial charge in [-0.1, -0.05) is 30.3 Å². The van der Waals surface area contributed by atoms with Crippen LogP contribution in [0.1, 0.15) is 32.8 Å². The molecule has 1 aromatic rings. The highest BCUT2D eigenvalue weighted by molar-refractivity contribution is 5.93. The molecule has 1 rings (SSSR count). The lowest BCUT2D eigenvalue weighted by Gasteiger charge is -2.20. The van der Waals surface area contributed by atoms with Gasteiger partial charge in [-0.2, -0.15) is 0 Å². The van der Waals surface area contributed by atoms with Gasteiger partial charge >= 0.3 is 5.97 Å². The van der Waals surface area contributed by atoms with Crippen molar-refractivity contribution in [2.24, 2.45) is 0 Å². The number of ether oxygens (including phenoxy) is 1. The smallest absolute Gasteiger partial charge is 0.334 e. The molecule has 0 saturated carbocycles. The molecule has 0 aliphatic heterocycles. The second-order valence-corrected chi connectivity index (χ2v) is 5.39. The lowest BCUT2D eigenvalue weighted by molar-refractivity contribution is -0.479. The van der Waals surface area contributed by atoms with Gasteiger partial charge in [0.2, 0.25) is 6.54 Å². The zero-order valence-electron chi connectivity index (χ0n) is 12.0. The van der Waals surface area contributed by atoms with Crippen LogP contribution in [0.15, 0.2) is 35.9 Å². The van der Waals surface area contributed by atoms with Crippen molar-refractivity contribution in [1.82, 2.24) is 0 Å². The summed E-state index contributed by atoms with van der Waals surface area (Å²) in [6.07, 6.45) is 1.69. The highest BCUT2D eigenvalue weighted by Crippen LogP contribution is 2.16. The van der Waals surface area contributed by atoms with Crippen LogP contribution >= 0.6 is 0 Å². The predicted molar refractivity (Wildman–Crippen MR) is 76.7 cm³/mol. The lowest BCUT2D eigenvalue weighted by atomic mass is 10.1. The van der Waals surface area contributed by atoms with Crippen molar-refractivity contribution >= 4 is 12.0 Å². The number of nitro groups is 1. The molecule has 0 aromatic heterocycles. The van der Waals surface area contributed by atoms with E-state index in [0.717, 1.165) is 5.56 Å². The molecule has 5 nitrogen and oxygen atoms in total. The number of carbonyl (C=O) groups excluding carboxylic acids is 1. The molecule has 0 saturated heterocycles. The molecule has 0 fully saturated rings. The monoisotopic (exact) mass is 277 g/mol. The van der Waals surface area contributed by atoms with Gasteiger partial charge in [0, 0.05) is 16.9 Å². The fraction of sp³-hybridized carbons (Fsp3) is 0.400. The van der Waals surface area contributed by atoms with Crippen molar-refractivity contribution in [2.75, 3.05) is 6.54 Å². The number of esters is 1. The molecule has 0 amide bonds. The summed E-state index contributed by atoms with van der Waals surface area (Å²) >= 11 is 0. The SMILES string of the molecule is CC(C)(C)OC(=O)/C(=C/c1ccccc1)CC[N+](=O)[O-]. The molecule has 0 aliphatic carbocycles. The first-order chi connectivity index (χ1) is 9.28. The van der Waals surface area contributed by atoms with Crippen LogP contribution in [0.5, 0.6) is 0 Å². The molecule has 0 heterocycles. The minimum atomic E-state index is -0.624. The highest BCUT2D eigenvalue weighted by Gasteiger charge is 2.21. The third kappa shape index (κ3) is 6.13. The Labute approximate surface area is 118 Å². The van der Waals surface area contributed by atoms with Gasteiger partial charge in [-0.25, -0.2) is 4.79 Å². The standard InChI is InChI=1S/C15H19NO4/c1-15(2,3)20-14(17)13(9-10-16(18)19)11-12-7-5-4-6-8-12/h4-8,11H,9-10H2,1-3H3/b13-11+. The number of hydrogen-bond acceptors (Lipinski definition) is 4. The highest BCUT2D eigenvalue weighted by atomic mass is 16.6. The Morgan fingerprint density at radius 2 is 1.90 bits per heavy atom. The third-order valence-electron chi connectivity index (χ3n) is 2.37. The molecule has 0 bridgehead atoms. The van der Waals surface area contributed by atoms with Gasteiger partial charge in [-0.05, 0) is 32.4 Å². The average molecular weight is 277 g/mol. The maximum atomic E-state index is 12.1. The van der Waals surface area contributed by atoms with E-state index in [2.05, 4.69) is 0 Å². The Morgan fingerprint density at radius 1 is 1.30 bits per heavy atom. The number of rotatable bonds is 5. The van der Waals surface area contributed by atoms with Gasteiger partial charge in [0.05, 0.1) is 0 Å². The van der Waals surface area contributed by atoms with Gasteiger partial charge < -0.3 is 4.74 Å². The van der Waals surface area contributed by atoms with E-state index in [1.54, 1.807) is 26.8 Å². The van der Waals surface area contributed by atoms with Gasteiger partial charge in [0.25, 0.3) is 0 Å². The number of hydrogen-bond donors (Lipinski definition) is 0. The van der Waals surface area contributed by atoms with E-state index >= 15 is 0 Å². The number of carbonyl (C=O) groups is 1. The van der Waals surface area contributed by atoms with Crippen LogP contribution in [-0.2, 0) is 9.53 Å². The Kier molecular flexibility index (Phi) is 5.43. The first-order valence-corrected chi connectivity index (χ1v) is 6.39. The van der Waals surface area contributed by atoms with Crippen LogP contribution in [0.2, 0.25) is 0 Å². The summed E-state index contributed by atoms with van der Waals surface area (Å²) in [7, 11) is 0. The quantitative estimate of drug-likeness (QED) is 0.359. The van der Waals surface area contributed by atoms with E-state index < -0.39 is 16.5 Å². The molecular formula is C15H19NO4. The van der Waals surface area contributed by atoms with Crippen LogP contribution in [-0.4, -0.2) is 23.0 Å². The minimum absolute atomic E-state index is 0.0524. The summed E-state index contributed by atoms with van der Waals surface area (Å²) in [5.41, 5.74) is 0.501. The third-order valence-corrected chi connectivity index (χ3v) is 2.37. The Bertz CT molecular complexity index is 500. The maximum Gasteiger partial charge on any atom is 0.334 e. The van der Waals surface area contributed by atoms with Crippen molar-refractivity contribution < 1.29 is 14.5 Å². The van der Waals surface area contributed by atoms with E-state index in [1.807, 2.05) is 30.3 Å². The van der Waals surface area contributed by atoms with Crippen LogP contribution < -0.4 is 0 Å². The molecule has 1 aromatic carbocycles. The zero-order chi connectivity index (χ0) is 15.2. The van der Waals surface area contributed by atoms with Crippen molar-refractivity contribution in [1.29, 1.82) is 0 Å². The van der Waals surface area contributed by atoms with E-state index in [9.17, 15) is 14.9 Å². The van der Waals surface area contributed by atoms with Gasteiger partial charge in [-0.15, -0.1) is 0 Å². The molecule has 0 aliphatic rings. The summed E-state index contributed by atoms with van der Waals surface area (Å²) in [6, 6.07) is 9.20. The lowest BCUT2D eigenvalue weighted by Crippen LogP contribution is -2.25. The van der Waals surface area contributed by atoms with E-state index in [1.165, 1.54) is 0 Å². The van der Waals surface area contributed by atoms with Crippen molar-refractivity contribution in [3.8, 4) is 0 Å². The average Bonchev–Trinajstić information content (AvgIpc) is 2.33. The van der Waals surface area contributed by atoms with E-state index in [0.29, 0.717) is 5.57 Å². The fourth-order valence-electron chi connectivity index (χ4n) is 1.54. The molecule has 20 heavy (non-hydrogen) atoms. The summed E-state index contributed by atoms with van der Waals surface area (Å²) < 4.78 is 5.27. The molecule has 5 heteroatoms. The second kappa shape index (κ2) is 6.84. The van der Waals surface area contributed by atoms with Crippen LogP contribution in [0.4, 0.5) is 0 Å². The number of nitrogens with zero attached hydrogens (tertiary/aromatic N) is 1. The van der Waals surface area contributed by atoms with Crippen molar-refractivity contribution in [3.05, 3.63) is 51.6 Å². The van der Waals surface area contributed by atoms with Crippen molar-refractivity contribution in [2.45, 2.75) is 32.8 Å². The summed E-state index contributed by atoms with van der Waals surface area (Å²) in [5.74, 6) is -0.511. The molecule has 0 spiro atoms. The summed E-state index contributed by atoms with van der Waals surface area (Å²) in [4.78, 5) is 22.1. The van der Waals surface area contributed by atoms with E-state index in [4.69, 9.17) is 4.74 Å². The Morgan fingerprint density at radius 3 is 2.40 bits per heavy atom. The predicted octanol–water partition coefficient (Wildman–Crippen LogP) is 3.08. The van der Waals surface area contributed by atoms with Crippen LogP contribution in [0.25, 0.3) is 6.08 Å².